The van der Waals surface area contributed by atoms with Gasteiger partial charge in [-0.05, 0) is 13.5 Å². The van der Waals surface area contributed by atoms with E-state index in [0.29, 0.717) is 5.88 Å². The second-order valence-electron chi connectivity index (χ2n) is 1.03. The first-order valence-electron chi connectivity index (χ1n) is 2.02. The van der Waals surface area contributed by atoms with E-state index in [-0.39, 0.29) is 0 Å². The highest BCUT2D eigenvalue weighted by molar-refractivity contribution is 14.1. The van der Waals surface area contributed by atoms with E-state index in [9.17, 15) is 0 Å². The van der Waals surface area contributed by atoms with Crippen LogP contribution in [0.15, 0.2) is 12.5 Å². The van der Waals surface area contributed by atoms with Crippen LogP contribution in [0.25, 0.3) is 0 Å². The predicted molar refractivity (Wildman–Crippen MR) is 37.9 cm³/mol. The van der Waals surface area contributed by atoms with Crippen molar-refractivity contribution in [2.24, 2.45) is 0 Å². The van der Waals surface area contributed by atoms with Gasteiger partial charge in [-0.1, -0.05) is 0 Å². The third kappa shape index (κ3) is 3.91. The van der Waals surface area contributed by atoms with Gasteiger partial charge >= 0.3 is 0 Å². The van der Waals surface area contributed by atoms with Crippen molar-refractivity contribution < 1.29 is 3.07 Å². The van der Waals surface area contributed by atoms with E-state index >= 15 is 0 Å². The summed E-state index contributed by atoms with van der Waals surface area (Å²) in [5.74, 6) is 0.614. The number of halogens is 1. The van der Waals surface area contributed by atoms with Crippen LogP contribution in [0.5, 0.6) is 0 Å². The molecule has 0 saturated carbocycles. The first-order chi connectivity index (χ1) is 3.31. The average molecular weight is 213 g/mol. The van der Waals surface area contributed by atoms with Crippen LogP contribution in [0, 0.1) is 0 Å². The molecule has 1 N–H and O–H groups in total. The van der Waals surface area contributed by atoms with Crippen molar-refractivity contribution in [2.75, 3.05) is 6.54 Å². The Morgan fingerprint density at radius 3 is 2.71 bits per heavy atom. The largest absolute Gasteiger partial charge is 0.411 e. The van der Waals surface area contributed by atoms with Crippen molar-refractivity contribution in [2.45, 2.75) is 6.92 Å². The van der Waals surface area contributed by atoms with Gasteiger partial charge < -0.3 is 8.38 Å². The fourth-order valence-electron chi connectivity index (χ4n) is 0.224. The number of hydrogen-bond donors (Lipinski definition) is 1. The third-order valence-electron chi connectivity index (χ3n) is 0.467. The Morgan fingerprint density at radius 2 is 2.57 bits per heavy atom. The van der Waals surface area contributed by atoms with E-state index < -0.39 is 0 Å². The first kappa shape index (κ1) is 7.07. The highest BCUT2D eigenvalue weighted by atomic mass is 127. The van der Waals surface area contributed by atoms with E-state index in [1.54, 1.807) is 23.0 Å². The van der Waals surface area contributed by atoms with Gasteiger partial charge in [-0.3, -0.25) is 0 Å². The molecule has 0 bridgehead atoms. The van der Waals surface area contributed by atoms with Crippen molar-refractivity contribution in [1.82, 2.24) is 5.32 Å². The molecule has 0 amide bonds. The number of hydrogen-bond acceptors (Lipinski definition) is 2. The van der Waals surface area contributed by atoms with Crippen LogP contribution < -0.4 is 5.32 Å². The molecule has 0 aromatic carbocycles. The maximum absolute atomic E-state index is 4.66. The maximum atomic E-state index is 4.66. The lowest BCUT2D eigenvalue weighted by Gasteiger charge is -1.99. The van der Waals surface area contributed by atoms with Crippen molar-refractivity contribution in [3.05, 3.63) is 12.5 Å². The Bertz CT molecular complexity index is 64.7. The van der Waals surface area contributed by atoms with Gasteiger partial charge in [0.25, 0.3) is 0 Å². The zero-order valence-electron chi connectivity index (χ0n) is 4.20. The summed E-state index contributed by atoms with van der Waals surface area (Å²) in [5.41, 5.74) is 0. The average Bonchev–Trinajstić information content (AvgIpc) is 1.68. The van der Waals surface area contributed by atoms with Crippen molar-refractivity contribution in [1.29, 1.82) is 0 Å². The fraction of sp³-hybridized carbons (Fsp3) is 0.500. The second kappa shape index (κ2) is 4.23. The Hall–Kier alpha value is 0.0700. The minimum Gasteiger partial charge on any atom is -0.411 e. The SMILES string of the molecule is C=C(NCC)OI. The molecule has 42 valence electrons. The molecule has 0 aromatic heterocycles. The van der Waals surface area contributed by atoms with Crippen molar-refractivity contribution in [3.8, 4) is 0 Å². The van der Waals surface area contributed by atoms with Gasteiger partial charge in [0.15, 0.2) is 28.9 Å². The summed E-state index contributed by atoms with van der Waals surface area (Å²) in [6.45, 7) is 6.37. The lowest BCUT2D eigenvalue weighted by Crippen LogP contribution is -2.10. The summed E-state index contributed by atoms with van der Waals surface area (Å²) < 4.78 is 4.66. The minimum atomic E-state index is 0.614. The fourth-order valence-corrected chi connectivity index (χ4v) is 0.380. The van der Waals surface area contributed by atoms with Gasteiger partial charge in [0, 0.05) is 6.54 Å². The van der Waals surface area contributed by atoms with Gasteiger partial charge in [0.2, 0.25) is 0 Å². The molecule has 0 spiro atoms. The Kier molecular flexibility index (Phi) is 4.28. The van der Waals surface area contributed by atoms with E-state index in [4.69, 9.17) is 0 Å². The lowest BCUT2D eigenvalue weighted by atomic mass is 10.7. The summed E-state index contributed by atoms with van der Waals surface area (Å²) in [4.78, 5) is 0. The zero-order valence-corrected chi connectivity index (χ0v) is 6.36. The second-order valence-corrected chi connectivity index (χ2v) is 1.47. The van der Waals surface area contributed by atoms with E-state index in [1.807, 2.05) is 6.92 Å². The van der Waals surface area contributed by atoms with Crippen LogP contribution in [0.3, 0.4) is 0 Å². The van der Waals surface area contributed by atoms with E-state index in [2.05, 4.69) is 15.0 Å². The monoisotopic (exact) mass is 213 g/mol. The predicted octanol–water partition coefficient (Wildman–Crippen LogP) is 1.43. The van der Waals surface area contributed by atoms with Gasteiger partial charge in [0.1, 0.15) is 0 Å². The lowest BCUT2D eigenvalue weighted by molar-refractivity contribution is 0.498. The molecular weight excluding hydrogens is 205 g/mol. The molecule has 0 radical (unpaired) electrons. The number of rotatable bonds is 3. The minimum absolute atomic E-state index is 0.614. The van der Waals surface area contributed by atoms with Crippen LogP contribution in [0.2, 0.25) is 0 Å². The summed E-state index contributed by atoms with van der Waals surface area (Å²) >= 11 is 1.77. The standard InChI is InChI=1S/C4H8INO/c1-3-6-4(2)7-5/h6H,2-3H2,1H3. The molecule has 0 atom stereocenters. The Balaban J connectivity index is 3.00. The van der Waals surface area contributed by atoms with Crippen LogP contribution in [0.1, 0.15) is 6.92 Å². The molecule has 3 heteroatoms. The summed E-state index contributed by atoms with van der Waals surface area (Å²) in [5, 5.41) is 2.87. The molecule has 0 unspecified atom stereocenters. The molecule has 0 rings (SSSR count). The van der Waals surface area contributed by atoms with Crippen molar-refractivity contribution >= 4 is 23.0 Å². The summed E-state index contributed by atoms with van der Waals surface area (Å²) in [6, 6.07) is 0. The molecule has 0 heterocycles. The van der Waals surface area contributed by atoms with Gasteiger partial charge in [0.05, 0.1) is 0 Å². The normalized spacial score (nSPS) is 7.71. The smallest absolute Gasteiger partial charge is 0.194 e. The highest BCUT2D eigenvalue weighted by Crippen LogP contribution is 1.92. The third-order valence-corrected chi connectivity index (χ3v) is 0.999. The topological polar surface area (TPSA) is 21.3 Å². The van der Waals surface area contributed by atoms with Gasteiger partial charge in [-0.2, -0.15) is 0 Å². The Morgan fingerprint density at radius 1 is 2.00 bits per heavy atom. The van der Waals surface area contributed by atoms with E-state index in [1.165, 1.54) is 0 Å². The van der Waals surface area contributed by atoms with Gasteiger partial charge in [-0.15, -0.1) is 0 Å². The van der Waals surface area contributed by atoms with E-state index in [0.717, 1.165) is 6.54 Å². The summed E-state index contributed by atoms with van der Waals surface area (Å²) in [7, 11) is 0. The molecule has 0 aliphatic rings. The van der Waals surface area contributed by atoms with Crippen LogP contribution in [-0.4, -0.2) is 6.54 Å². The molecule has 0 aromatic rings. The van der Waals surface area contributed by atoms with Crippen LogP contribution in [-0.2, 0) is 3.07 Å². The molecule has 7 heavy (non-hydrogen) atoms. The molecule has 0 fully saturated rings. The summed E-state index contributed by atoms with van der Waals surface area (Å²) in [6.07, 6.45) is 0. The van der Waals surface area contributed by atoms with Gasteiger partial charge in [-0.25, -0.2) is 0 Å². The van der Waals surface area contributed by atoms with Crippen LogP contribution >= 0.6 is 23.0 Å². The molecular formula is C4H8INO. The maximum Gasteiger partial charge on any atom is 0.194 e. The van der Waals surface area contributed by atoms with Crippen molar-refractivity contribution in [3.63, 3.8) is 0 Å². The van der Waals surface area contributed by atoms with Crippen LogP contribution in [0.4, 0.5) is 0 Å². The molecule has 0 aliphatic heterocycles. The highest BCUT2D eigenvalue weighted by Gasteiger charge is 1.82. The zero-order chi connectivity index (χ0) is 5.70. The molecule has 0 aliphatic carbocycles. The number of nitrogens with one attached hydrogen (secondary N) is 1. The molecule has 2 nitrogen and oxygen atoms in total. The first-order valence-corrected chi connectivity index (χ1v) is 2.90. The molecule has 0 saturated heterocycles. The quantitative estimate of drug-likeness (QED) is 0.565. The Labute approximate surface area is 57.6 Å².